The van der Waals surface area contributed by atoms with Gasteiger partial charge in [0.15, 0.2) is 0 Å². The van der Waals surface area contributed by atoms with Gasteiger partial charge in [0.25, 0.3) is 0 Å². The minimum Gasteiger partial charge on any atom is -0.376 e. The lowest BCUT2D eigenvalue weighted by molar-refractivity contribution is -0.385. The maximum Gasteiger partial charge on any atom is 0.332 e. The van der Waals surface area contributed by atoms with Gasteiger partial charge in [-0.05, 0) is 26.7 Å². The third-order valence-electron chi connectivity index (χ3n) is 3.58. The highest BCUT2D eigenvalue weighted by molar-refractivity contribution is 5.62. The Hall–Kier alpha value is -1.96. The van der Waals surface area contributed by atoms with Crippen molar-refractivity contribution >= 4 is 17.5 Å². The highest BCUT2D eigenvalue weighted by Gasteiger charge is 2.28. The smallest absolute Gasteiger partial charge is 0.332 e. The van der Waals surface area contributed by atoms with Crippen molar-refractivity contribution in [3.05, 3.63) is 15.8 Å². The summed E-state index contributed by atoms with van der Waals surface area (Å²) in [5.74, 6) is 0.744. The molecule has 0 aromatic carbocycles. The van der Waals surface area contributed by atoms with Gasteiger partial charge in [0.05, 0.1) is 11.0 Å². The summed E-state index contributed by atoms with van der Waals surface area (Å²) in [5, 5.41) is 14.2. The highest BCUT2D eigenvalue weighted by Crippen LogP contribution is 2.30. The number of aryl methyl sites for hydroxylation is 1. The first kappa shape index (κ1) is 15.4. The third-order valence-corrected chi connectivity index (χ3v) is 3.58. The molecule has 0 spiro atoms. The molecule has 1 N–H and O–H groups in total. The number of rotatable bonds is 6. The molecule has 1 aliphatic heterocycles. The largest absolute Gasteiger partial charge is 0.376 e. The SMILES string of the molecule is CCN(CC1CCCO1)c1nc(NC)nc(C)c1[N+](=O)[O-]. The number of likely N-dealkylation sites (N-methyl/N-ethyl adjacent to an activating group) is 1. The Bertz CT molecular complexity index is 517. The second-order valence-electron chi connectivity index (χ2n) is 4.99. The first-order valence-corrected chi connectivity index (χ1v) is 7.14. The fourth-order valence-electron chi connectivity index (χ4n) is 2.50. The summed E-state index contributed by atoms with van der Waals surface area (Å²) < 4.78 is 5.62. The molecule has 1 saturated heterocycles. The van der Waals surface area contributed by atoms with Crippen LogP contribution in [0.3, 0.4) is 0 Å². The van der Waals surface area contributed by atoms with Gasteiger partial charge in [0.1, 0.15) is 5.69 Å². The number of hydrogen-bond acceptors (Lipinski definition) is 7. The van der Waals surface area contributed by atoms with Gasteiger partial charge in [-0.25, -0.2) is 4.98 Å². The molecule has 0 bridgehead atoms. The molecule has 21 heavy (non-hydrogen) atoms. The summed E-state index contributed by atoms with van der Waals surface area (Å²) in [6, 6.07) is 0. The molecule has 1 aliphatic rings. The van der Waals surface area contributed by atoms with Gasteiger partial charge < -0.3 is 15.0 Å². The normalized spacial score (nSPS) is 17.8. The number of nitro groups is 1. The predicted octanol–water partition coefficient (Wildman–Crippen LogP) is 1.74. The summed E-state index contributed by atoms with van der Waals surface area (Å²) in [5.41, 5.74) is 0.328. The van der Waals surface area contributed by atoms with Gasteiger partial charge in [-0.2, -0.15) is 4.98 Å². The molecule has 0 radical (unpaired) electrons. The van der Waals surface area contributed by atoms with E-state index >= 15 is 0 Å². The summed E-state index contributed by atoms with van der Waals surface area (Å²) in [6.45, 7) is 5.57. The molecule has 1 unspecified atom stereocenters. The second kappa shape index (κ2) is 6.66. The van der Waals surface area contributed by atoms with E-state index in [0.717, 1.165) is 19.4 Å². The zero-order valence-electron chi connectivity index (χ0n) is 12.6. The van der Waals surface area contributed by atoms with Crippen molar-refractivity contribution in [2.75, 3.05) is 37.0 Å². The standard InChI is InChI=1S/C13H21N5O3/c1-4-17(8-10-6-5-7-21-10)12-11(18(19)20)9(2)15-13(14-3)16-12/h10H,4-8H2,1-3H3,(H,14,15,16). The molecule has 1 aromatic heterocycles. The van der Waals surface area contributed by atoms with E-state index in [2.05, 4.69) is 15.3 Å². The minimum absolute atomic E-state index is 0.0335. The number of aromatic nitrogens is 2. The van der Waals surface area contributed by atoms with Gasteiger partial charge in [-0.1, -0.05) is 0 Å². The van der Waals surface area contributed by atoms with E-state index in [4.69, 9.17) is 4.74 Å². The molecule has 8 nitrogen and oxygen atoms in total. The lowest BCUT2D eigenvalue weighted by Gasteiger charge is -2.25. The highest BCUT2D eigenvalue weighted by atomic mass is 16.6. The fourth-order valence-corrected chi connectivity index (χ4v) is 2.50. The number of nitrogens with zero attached hydrogens (tertiary/aromatic N) is 4. The van der Waals surface area contributed by atoms with E-state index in [0.29, 0.717) is 30.5 Å². The Labute approximate surface area is 123 Å². The van der Waals surface area contributed by atoms with Gasteiger partial charge in [-0.15, -0.1) is 0 Å². The van der Waals surface area contributed by atoms with E-state index in [-0.39, 0.29) is 11.8 Å². The first-order valence-electron chi connectivity index (χ1n) is 7.14. The molecule has 0 aliphatic carbocycles. The summed E-state index contributed by atoms with van der Waals surface area (Å²) >= 11 is 0. The Morgan fingerprint density at radius 1 is 1.52 bits per heavy atom. The van der Waals surface area contributed by atoms with Gasteiger partial charge in [-0.3, -0.25) is 10.1 Å². The van der Waals surface area contributed by atoms with Crippen LogP contribution in [-0.4, -0.2) is 47.7 Å². The van der Waals surface area contributed by atoms with Gasteiger partial charge in [0.2, 0.25) is 11.8 Å². The number of nitrogens with one attached hydrogen (secondary N) is 1. The summed E-state index contributed by atoms with van der Waals surface area (Å²) in [4.78, 5) is 21.2. The molecule has 1 fully saturated rings. The average Bonchev–Trinajstić information content (AvgIpc) is 2.96. The fraction of sp³-hybridized carbons (Fsp3) is 0.692. The van der Waals surface area contributed by atoms with Crippen molar-refractivity contribution in [2.45, 2.75) is 32.8 Å². The van der Waals surface area contributed by atoms with Crippen LogP contribution in [0.1, 0.15) is 25.5 Å². The monoisotopic (exact) mass is 295 g/mol. The summed E-state index contributed by atoms with van der Waals surface area (Å²) in [6.07, 6.45) is 2.13. The van der Waals surface area contributed by atoms with Crippen LogP contribution in [0.2, 0.25) is 0 Å². The molecule has 1 aromatic rings. The van der Waals surface area contributed by atoms with Crippen molar-refractivity contribution in [3.63, 3.8) is 0 Å². The van der Waals surface area contributed by atoms with Crippen LogP contribution in [0.25, 0.3) is 0 Å². The molecule has 2 rings (SSSR count). The third kappa shape index (κ3) is 3.38. The van der Waals surface area contributed by atoms with Crippen LogP contribution in [0.5, 0.6) is 0 Å². The lowest BCUT2D eigenvalue weighted by atomic mass is 10.2. The second-order valence-corrected chi connectivity index (χ2v) is 4.99. The number of ether oxygens (including phenoxy) is 1. The molecule has 8 heteroatoms. The molecule has 116 valence electrons. The van der Waals surface area contributed by atoms with Crippen molar-refractivity contribution in [1.82, 2.24) is 9.97 Å². The maximum absolute atomic E-state index is 11.3. The number of hydrogen-bond donors (Lipinski definition) is 1. The van der Waals surface area contributed by atoms with Crippen LogP contribution in [0, 0.1) is 17.0 Å². The molecular formula is C13H21N5O3. The first-order chi connectivity index (χ1) is 10.1. The van der Waals surface area contributed by atoms with Crippen molar-refractivity contribution in [3.8, 4) is 0 Å². The van der Waals surface area contributed by atoms with E-state index in [1.165, 1.54) is 0 Å². The van der Waals surface area contributed by atoms with Gasteiger partial charge >= 0.3 is 5.69 Å². The van der Waals surface area contributed by atoms with Crippen molar-refractivity contribution in [1.29, 1.82) is 0 Å². The van der Waals surface area contributed by atoms with Crippen molar-refractivity contribution < 1.29 is 9.66 Å². The van der Waals surface area contributed by atoms with Gasteiger partial charge in [0, 0.05) is 26.7 Å². The number of anilines is 2. The van der Waals surface area contributed by atoms with Crippen LogP contribution in [-0.2, 0) is 4.74 Å². The van der Waals surface area contributed by atoms with E-state index in [1.807, 2.05) is 11.8 Å². The van der Waals surface area contributed by atoms with E-state index in [1.54, 1.807) is 14.0 Å². The van der Waals surface area contributed by atoms with Crippen LogP contribution < -0.4 is 10.2 Å². The van der Waals surface area contributed by atoms with Crippen LogP contribution in [0.4, 0.5) is 17.5 Å². The Balaban J connectivity index is 2.37. The molecule has 0 saturated carbocycles. The molecular weight excluding hydrogens is 274 g/mol. The zero-order valence-corrected chi connectivity index (χ0v) is 12.6. The average molecular weight is 295 g/mol. The zero-order chi connectivity index (χ0) is 15.4. The quantitative estimate of drug-likeness (QED) is 0.631. The minimum atomic E-state index is -0.414. The Kier molecular flexibility index (Phi) is 4.89. The topological polar surface area (TPSA) is 93.4 Å². The maximum atomic E-state index is 11.3. The van der Waals surface area contributed by atoms with Crippen molar-refractivity contribution in [2.24, 2.45) is 0 Å². The Morgan fingerprint density at radius 3 is 2.81 bits per heavy atom. The van der Waals surface area contributed by atoms with E-state index < -0.39 is 4.92 Å². The molecule has 0 amide bonds. The molecule has 2 heterocycles. The molecule has 1 atom stereocenters. The predicted molar refractivity (Wildman–Crippen MR) is 79.8 cm³/mol. The Morgan fingerprint density at radius 2 is 2.29 bits per heavy atom. The lowest BCUT2D eigenvalue weighted by Crippen LogP contribution is -2.33. The van der Waals surface area contributed by atoms with Crippen LogP contribution in [0.15, 0.2) is 0 Å². The van der Waals surface area contributed by atoms with E-state index in [9.17, 15) is 10.1 Å². The summed E-state index contributed by atoms with van der Waals surface area (Å²) in [7, 11) is 1.70. The van der Waals surface area contributed by atoms with Crippen LogP contribution >= 0.6 is 0 Å².